The number of para-hydroxylation sites is 2. The predicted octanol–water partition coefficient (Wildman–Crippen LogP) is 6.16. The smallest absolute Gasteiger partial charge is 0.345 e. The molecule has 0 atom stereocenters. The first-order chi connectivity index (χ1) is 18.9. The van der Waals surface area contributed by atoms with Gasteiger partial charge in [0.15, 0.2) is 0 Å². The molecule has 0 radical (unpaired) electrons. The number of aryl methyl sites for hydroxylation is 1. The van der Waals surface area contributed by atoms with E-state index in [1.807, 2.05) is 48.5 Å². The molecule has 3 aromatic carbocycles. The van der Waals surface area contributed by atoms with Crippen LogP contribution >= 0.6 is 11.6 Å². The van der Waals surface area contributed by atoms with E-state index in [-0.39, 0.29) is 16.8 Å². The number of rotatable bonds is 6. The van der Waals surface area contributed by atoms with Gasteiger partial charge in [0.05, 0.1) is 24.0 Å². The molecule has 2 heterocycles. The Labute approximate surface area is 228 Å². The van der Waals surface area contributed by atoms with E-state index in [0.717, 1.165) is 11.3 Å². The lowest BCUT2D eigenvalue weighted by Gasteiger charge is -2.12. The molecule has 1 N–H and O–H groups in total. The number of amides is 1. The van der Waals surface area contributed by atoms with Crippen LogP contribution in [0.1, 0.15) is 11.1 Å². The molecule has 0 aliphatic carbocycles. The molecule has 0 saturated heterocycles. The lowest BCUT2D eigenvalue weighted by atomic mass is 10.1. The van der Waals surface area contributed by atoms with Crippen LogP contribution in [-0.4, -0.2) is 22.8 Å². The van der Waals surface area contributed by atoms with Gasteiger partial charge in [-0.3, -0.25) is 4.79 Å². The number of halogens is 1. The second-order valence-corrected chi connectivity index (χ2v) is 9.03. The maximum absolute atomic E-state index is 13.2. The van der Waals surface area contributed by atoms with Crippen LogP contribution in [0.5, 0.6) is 5.75 Å². The normalized spacial score (nSPS) is 11.3. The second kappa shape index (κ2) is 10.7. The molecule has 0 saturated carbocycles. The van der Waals surface area contributed by atoms with Crippen LogP contribution < -0.4 is 15.7 Å². The molecule has 8 nitrogen and oxygen atoms in total. The minimum atomic E-state index is -0.665. The van der Waals surface area contributed by atoms with Crippen molar-refractivity contribution in [3.63, 3.8) is 0 Å². The number of methoxy groups -OCH3 is 1. The first-order valence-corrected chi connectivity index (χ1v) is 12.2. The average molecular weight is 537 g/mol. The molecule has 9 heteroatoms. The molecule has 5 aromatic rings. The molecular weight excluding hydrogens is 516 g/mol. The van der Waals surface area contributed by atoms with E-state index >= 15 is 0 Å². The highest BCUT2D eigenvalue weighted by molar-refractivity contribution is 6.31. The van der Waals surface area contributed by atoms with Crippen molar-refractivity contribution >= 4 is 40.2 Å². The van der Waals surface area contributed by atoms with E-state index in [0.29, 0.717) is 33.0 Å². The van der Waals surface area contributed by atoms with Gasteiger partial charge in [-0.05, 0) is 48.9 Å². The van der Waals surface area contributed by atoms with Crippen LogP contribution in [0, 0.1) is 18.3 Å². The van der Waals surface area contributed by atoms with Crippen LogP contribution in [0.3, 0.4) is 0 Å². The summed E-state index contributed by atoms with van der Waals surface area (Å²) in [5.74, 6) is -0.316. The maximum Gasteiger partial charge on any atom is 0.345 e. The molecule has 0 unspecified atom stereocenters. The van der Waals surface area contributed by atoms with Crippen molar-refractivity contribution in [3.05, 3.63) is 111 Å². The molecule has 0 bridgehead atoms. The fourth-order valence-corrected chi connectivity index (χ4v) is 4.22. The number of ether oxygens (including phenoxy) is 1. The summed E-state index contributed by atoms with van der Waals surface area (Å²) in [6, 6.07) is 23.3. The number of nitriles is 1. The van der Waals surface area contributed by atoms with E-state index in [9.17, 15) is 14.9 Å². The van der Waals surface area contributed by atoms with Gasteiger partial charge in [-0.2, -0.15) is 10.4 Å². The number of nitrogens with one attached hydrogen (secondary N) is 1. The highest BCUT2D eigenvalue weighted by atomic mass is 35.5. The zero-order valence-electron chi connectivity index (χ0n) is 20.9. The van der Waals surface area contributed by atoms with Crippen LogP contribution in [0.15, 0.2) is 93.8 Å². The summed E-state index contributed by atoms with van der Waals surface area (Å²) < 4.78 is 12.4. The Bertz CT molecular complexity index is 1850. The Morgan fingerprint density at radius 2 is 1.87 bits per heavy atom. The van der Waals surface area contributed by atoms with Crippen LogP contribution in [0.4, 0.5) is 5.69 Å². The van der Waals surface area contributed by atoms with Crippen LogP contribution in [0.25, 0.3) is 34.0 Å². The number of anilines is 1. The third kappa shape index (κ3) is 5.17. The second-order valence-electron chi connectivity index (χ2n) is 8.62. The van der Waals surface area contributed by atoms with Gasteiger partial charge in [0.1, 0.15) is 28.7 Å². The zero-order chi connectivity index (χ0) is 27.5. The summed E-state index contributed by atoms with van der Waals surface area (Å²) >= 11 is 6.18. The molecule has 0 fully saturated rings. The number of carbonyl (C=O) groups excluding carboxylic acids is 1. The number of carbonyl (C=O) groups is 1. The highest BCUT2D eigenvalue weighted by Crippen LogP contribution is 2.32. The minimum Gasteiger partial charge on any atom is -0.495 e. The fourth-order valence-electron chi connectivity index (χ4n) is 4.07. The van der Waals surface area contributed by atoms with Crippen LogP contribution in [-0.2, 0) is 4.79 Å². The summed E-state index contributed by atoms with van der Waals surface area (Å²) in [5.41, 5.74) is 2.30. The maximum atomic E-state index is 13.2. The molecule has 2 aromatic heterocycles. The van der Waals surface area contributed by atoms with Crippen molar-refractivity contribution in [2.24, 2.45) is 0 Å². The van der Waals surface area contributed by atoms with Gasteiger partial charge in [0.25, 0.3) is 5.91 Å². The zero-order valence-corrected chi connectivity index (χ0v) is 21.7. The highest BCUT2D eigenvalue weighted by Gasteiger charge is 2.20. The Morgan fingerprint density at radius 1 is 1.13 bits per heavy atom. The minimum absolute atomic E-state index is 0.197. The molecule has 0 aliphatic heterocycles. The van der Waals surface area contributed by atoms with Gasteiger partial charge in [0.2, 0.25) is 0 Å². The predicted molar refractivity (Wildman–Crippen MR) is 150 cm³/mol. The summed E-state index contributed by atoms with van der Waals surface area (Å²) in [7, 11) is 1.46. The van der Waals surface area contributed by atoms with E-state index in [2.05, 4.69) is 10.4 Å². The summed E-state index contributed by atoms with van der Waals surface area (Å²) in [4.78, 5) is 26.2. The van der Waals surface area contributed by atoms with Gasteiger partial charge >= 0.3 is 5.63 Å². The number of benzene rings is 3. The third-order valence-corrected chi connectivity index (χ3v) is 6.46. The Kier molecular flexibility index (Phi) is 7.00. The van der Waals surface area contributed by atoms with Gasteiger partial charge in [0, 0.05) is 28.2 Å². The van der Waals surface area contributed by atoms with Crippen molar-refractivity contribution in [2.75, 3.05) is 12.4 Å². The van der Waals surface area contributed by atoms with Crippen molar-refractivity contribution in [3.8, 4) is 28.8 Å². The van der Waals surface area contributed by atoms with Gasteiger partial charge < -0.3 is 14.5 Å². The Hall–Kier alpha value is -5.13. The first-order valence-electron chi connectivity index (χ1n) is 11.8. The number of hydrogen-bond donors (Lipinski definition) is 1. The van der Waals surface area contributed by atoms with E-state index in [1.54, 1.807) is 48.1 Å². The van der Waals surface area contributed by atoms with E-state index < -0.39 is 11.5 Å². The number of aromatic nitrogens is 2. The molecule has 5 rings (SSSR count). The monoisotopic (exact) mass is 536 g/mol. The number of fused-ring (bicyclic) bond motifs is 1. The van der Waals surface area contributed by atoms with Gasteiger partial charge in [-0.15, -0.1) is 0 Å². The standard InChI is InChI=1S/C30H21ClN4O4/c1-18-12-25(27(38-2)15-24(18)31)33-29(36)20(16-32)13-21-17-35(22-9-4-3-5-10-22)34-28(21)23-14-19-8-6-7-11-26(19)39-30(23)37/h3-15,17H,1-2H3,(H,33,36). The van der Waals surface area contributed by atoms with E-state index in [1.165, 1.54) is 13.2 Å². The Balaban J connectivity index is 1.62. The van der Waals surface area contributed by atoms with Crippen molar-refractivity contribution in [1.29, 1.82) is 5.26 Å². The summed E-state index contributed by atoms with van der Waals surface area (Å²) in [5, 5.41) is 18.4. The number of hydrogen-bond acceptors (Lipinski definition) is 6. The number of nitrogens with zero attached hydrogens (tertiary/aromatic N) is 3. The molecule has 192 valence electrons. The quantitative estimate of drug-likeness (QED) is 0.158. The molecule has 1 amide bonds. The molecule has 0 aliphatic rings. The van der Waals surface area contributed by atoms with E-state index in [4.69, 9.17) is 20.8 Å². The molecule has 0 spiro atoms. The summed E-state index contributed by atoms with van der Waals surface area (Å²) in [6.07, 6.45) is 3.04. The summed E-state index contributed by atoms with van der Waals surface area (Å²) in [6.45, 7) is 1.79. The fraction of sp³-hybridized carbons (Fsp3) is 0.0667. The molecule has 39 heavy (non-hydrogen) atoms. The topological polar surface area (TPSA) is 110 Å². The van der Waals surface area contributed by atoms with Gasteiger partial charge in [-0.25, -0.2) is 9.48 Å². The Morgan fingerprint density at radius 3 is 2.62 bits per heavy atom. The van der Waals surface area contributed by atoms with Crippen molar-refractivity contribution in [2.45, 2.75) is 6.92 Å². The van der Waals surface area contributed by atoms with Crippen molar-refractivity contribution in [1.82, 2.24) is 9.78 Å². The third-order valence-electron chi connectivity index (χ3n) is 6.05. The average Bonchev–Trinajstić information content (AvgIpc) is 3.37. The van der Waals surface area contributed by atoms with Crippen LogP contribution in [0.2, 0.25) is 5.02 Å². The largest absolute Gasteiger partial charge is 0.495 e. The van der Waals surface area contributed by atoms with Crippen molar-refractivity contribution < 1.29 is 13.9 Å². The first kappa shape index (κ1) is 25.5. The van der Waals surface area contributed by atoms with Gasteiger partial charge in [-0.1, -0.05) is 48.0 Å². The molecular formula is C30H21ClN4O4. The lowest BCUT2D eigenvalue weighted by molar-refractivity contribution is -0.112. The SMILES string of the molecule is COc1cc(Cl)c(C)cc1NC(=O)C(C#N)=Cc1cn(-c2ccccc2)nc1-c1cc2ccccc2oc1=O. The lowest BCUT2D eigenvalue weighted by Crippen LogP contribution is -2.14.